The summed E-state index contributed by atoms with van der Waals surface area (Å²) in [7, 11) is 0. The quantitative estimate of drug-likeness (QED) is 0.200. The molecule has 0 spiro atoms. The van der Waals surface area contributed by atoms with Gasteiger partial charge in [-0.25, -0.2) is 9.37 Å². The third kappa shape index (κ3) is 4.03. The fraction of sp³-hybridized carbons (Fsp3) is 0.156. The number of halogens is 7. The Kier molecular flexibility index (Phi) is 6.45. The van der Waals surface area contributed by atoms with Gasteiger partial charge in [0, 0.05) is 32.0 Å². The normalized spacial score (nSPS) is 17.2. The van der Waals surface area contributed by atoms with Crippen molar-refractivity contribution in [2.75, 3.05) is 0 Å². The van der Waals surface area contributed by atoms with Crippen molar-refractivity contribution >= 4 is 16.9 Å². The van der Waals surface area contributed by atoms with E-state index < -0.39 is 34.7 Å². The molecular formula is C32H21F7N2S. The van der Waals surface area contributed by atoms with Crippen molar-refractivity contribution in [2.24, 2.45) is 0 Å². The SMILES string of the molecule is Cc1sc(-c2ccc(-c3nc(-c4ccccc4)c(-c4ccccc4)[nH]3)cc2)c(C)c1C1=C(F)C(F)(F)C(F)(F)C1(F)F. The summed E-state index contributed by atoms with van der Waals surface area (Å²) in [6, 6.07) is 26.2. The van der Waals surface area contributed by atoms with Gasteiger partial charge in [0.1, 0.15) is 5.82 Å². The van der Waals surface area contributed by atoms with Crippen molar-refractivity contribution in [2.45, 2.75) is 31.6 Å². The molecule has 0 aliphatic heterocycles. The molecular weight excluding hydrogens is 577 g/mol. The van der Waals surface area contributed by atoms with Gasteiger partial charge in [0.15, 0.2) is 5.83 Å². The Morgan fingerprint density at radius 2 is 1.21 bits per heavy atom. The third-order valence-electron chi connectivity index (χ3n) is 7.40. The van der Waals surface area contributed by atoms with E-state index in [0.717, 1.165) is 33.9 Å². The van der Waals surface area contributed by atoms with Gasteiger partial charge in [-0.15, -0.1) is 11.3 Å². The van der Waals surface area contributed by atoms with E-state index in [1.807, 2.05) is 60.7 Å². The van der Waals surface area contributed by atoms with E-state index in [1.54, 1.807) is 24.3 Å². The van der Waals surface area contributed by atoms with Crippen molar-refractivity contribution in [3.63, 3.8) is 0 Å². The topological polar surface area (TPSA) is 28.7 Å². The van der Waals surface area contributed by atoms with Gasteiger partial charge in [-0.3, -0.25) is 0 Å². The lowest BCUT2D eigenvalue weighted by Crippen LogP contribution is -2.48. The largest absolute Gasteiger partial charge is 0.383 e. The van der Waals surface area contributed by atoms with Crippen LogP contribution in [0.4, 0.5) is 30.7 Å². The lowest BCUT2D eigenvalue weighted by Gasteiger charge is -2.24. The van der Waals surface area contributed by atoms with E-state index in [-0.39, 0.29) is 10.4 Å². The van der Waals surface area contributed by atoms with Gasteiger partial charge < -0.3 is 4.98 Å². The first-order valence-electron chi connectivity index (χ1n) is 12.8. The molecule has 2 heterocycles. The van der Waals surface area contributed by atoms with Crippen molar-refractivity contribution in [1.82, 2.24) is 9.97 Å². The highest BCUT2D eigenvalue weighted by atomic mass is 32.1. The fourth-order valence-corrected chi connectivity index (χ4v) is 6.43. The van der Waals surface area contributed by atoms with E-state index in [0.29, 0.717) is 21.8 Å². The Hall–Kier alpha value is -4.18. The lowest BCUT2D eigenvalue weighted by atomic mass is 9.95. The van der Waals surface area contributed by atoms with E-state index in [9.17, 15) is 30.7 Å². The number of alkyl halides is 6. The van der Waals surface area contributed by atoms with Crippen LogP contribution in [0.1, 0.15) is 16.0 Å². The zero-order valence-electron chi connectivity index (χ0n) is 22.1. The molecule has 0 saturated heterocycles. The average molecular weight is 599 g/mol. The van der Waals surface area contributed by atoms with Crippen LogP contribution in [0.5, 0.6) is 0 Å². The number of rotatable bonds is 5. The van der Waals surface area contributed by atoms with Gasteiger partial charge in [0.25, 0.3) is 0 Å². The van der Waals surface area contributed by atoms with Crippen LogP contribution in [0.2, 0.25) is 0 Å². The summed E-state index contributed by atoms with van der Waals surface area (Å²) in [5.41, 5.74) is 2.08. The summed E-state index contributed by atoms with van der Waals surface area (Å²) < 4.78 is 99.4. The van der Waals surface area contributed by atoms with Crippen LogP contribution in [-0.2, 0) is 0 Å². The highest BCUT2D eigenvalue weighted by Crippen LogP contribution is 2.63. The summed E-state index contributed by atoms with van der Waals surface area (Å²) >= 11 is 0.939. The molecule has 0 radical (unpaired) electrons. The molecule has 42 heavy (non-hydrogen) atoms. The molecule has 1 aliphatic carbocycles. The molecule has 2 nitrogen and oxygen atoms in total. The summed E-state index contributed by atoms with van der Waals surface area (Å²) in [5.74, 6) is -19.1. The lowest BCUT2D eigenvalue weighted by molar-refractivity contribution is -0.263. The highest BCUT2D eigenvalue weighted by molar-refractivity contribution is 7.16. The first-order chi connectivity index (χ1) is 19.9. The van der Waals surface area contributed by atoms with E-state index >= 15 is 0 Å². The molecule has 0 unspecified atom stereocenters. The monoisotopic (exact) mass is 598 g/mol. The van der Waals surface area contributed by atoms with Gasteiger partial charge in [0.05, 0.1) is 17.0 Å². The second-order valence-corrected chi connectivity index (χ2v) is 11.2. The summed E-state index contributed by atoms with van der Waals surface area (Å²) in [6.07, 6.45) is 0. The van der Waals surface area contributed by atoms with Crippen LogP contribution in [0.25, 0.3) is 49.9 Å². The minimum Gasteiger partial charge on any atom is -0.337 e. The molecule has 5 aromatic rings. The number of aryl methyl sites for hydroxylation is 1. The van der Waals surface area contributed by atoms with Crippen molar-refractivity contribution in [1.29, 1.82) is 0 Å². The fourth-order valence-electron chi connectivity index (χ4n) is 5.26. The molecule has 10 heteroatoms. The van der Waals surface area contributed by atoms with Gasteiger partial charge in [-0.2, -0.15) is 26.3 Å². The summed E-state index contributed by atoms with van der Waals surface area (Å²) in [5, 5.41) is 0. The van der Waals surface area contributed by atoms with Crippen molar-refractivity contribution in [3.8, 4) is 44.3 Å². The maximum atomic E-state index is 14.6. The maximum absolute atomic E-state index is 14.6. The van der Waals surface area contributed by atoms with Gasteiger partial charge >= 0.3 is 17.8 Å². The molecule has 0 amide bonds. The van der Waals surface area contributed by atoms with Crippen LogP contribution >= 0.6 is 11.3 Å². The standard InChI is InChI=1S/C32H21F7N2S/c1-17-23(24-28(33)31(36,37)32(38,39)30(24,34)35)18(2)42-27(17)21-13-15-22(16-14-21)29-40-25(19-9-5-3-6-10-19)26(41-29)20-11-7-4-8-12-20/h3-16H,1-2H3,(H,40,41). The number of allylic oxidation sites excluding steroid dienone is 2. The number of H-pyrrole nitrogens is 1. The van der Waals surface area contributed by atoms with Crippen molar-refractivity contribution < 1.29 is 30.7 Å². The molecule has 1 aliphatic rings. The van der Waals surface area contributed by atoms with E-state index in [4.69, 9.17) is 4.98 Å². The second-order valence-electron chi connectivity index (χ2n) is 10.0. The number of benzene rings is 3. The molecule has 6 rings (SSSR count). The number of hydrogen-bond donors (Lipinski definition) is 1. The van der Waals surface area contributed by atoms with Crippen LogP contribution < -0.4 is 0 Å². The molecule has 0 bridgehead atoms. The molecule has 1 N–H and O–H groups in total. The molecule has 0 atom stereocenters. The predicted octanol–water partition coefficient (Wildman–Crippen LogP) is 10.4. The zero-order valence-corrected chi connectivity index (χ0v) is 22.9. The van der Waals surface area contributed by atoms with E-state index in [2.05, 4.69) is 4.98 Å². The number of thiophene rings is 1. The molecule has 0 fully saturated rings. The Morgan fingerprint density at radius 3 is 1.76 bits per heavy atom. The Bertz CT molecular complexity index is 1760. The second kappa shape index (κ2) is 9.69. The summed E-state index contributed by atoms with van der Waals surface area (Å²) in [4.78, 5) is 8.62. The molecule has 2 aromatic heterocycles. The Morgan fingerprint density at radius 1 is 0.667 bits per heavy atom. The number of nitrogens with one attached hydrogen (secondary N) is 1. The average Bonchev–Trinajstić information content (AvgIpc) is 3.57. The zero-order chi connectivity index (χ0) is 30.0. The molecule has 0 saturated carbocycles. The molecule has 214 valence electrons. The minimum absolute atomic E-state index is 0.0132. The van der Waals surface area contributed by atoms with Crippen molar-refractivity contribution in [3.05, 3.63) is 107 Å². The predicted molar refractivity (Wildman–Crippen MR) is 151 cm³/mol. The smallest absolute Gasteiger partial charge is 0.337 e. The first kappa shape index (κ1) is 28.0. The van der Waals surface area contributed by atoms with Crippen LogP contribution in [-0.4, -0.2) is 27.7 Å². The van der Waals surface area contributed by atoms with E-state index in [1.165, 1.54) is 13.8 Å². The number of aromatic nitrogens is 2. The minimum atomic E-state index is -5.89. The van der Waals surface area contributed by atoms with Gasteiger partial charge in [-0.1, -0.05) is 84.9 Å². The van der Waals surface area contributed by atoms with Gasteiger partial charge in [-0.05, 0) is 25.0 Å². The number of imidazole rings is 1. The summed E-state index contributed by atoms with van der Waals surface area (Å²) in [6.45, 7) is 2.65. The third-order valence-corrected chi connectivity index (χ3v) is 8.66. The number of aromatic amines is 1. The Balaban J connectivity index is 1.40. The van der Waals surface area contributed by atoms with Crippen LogP contribution in [0.15, 0.2) is 90.8 Å². The Labute approximate surface area is 240 Å². The number of nitrogens with zero attached hydrogens (tertiary/aromatic N) is 1. The van der Waals surface area contributed by atoms with Crippen LogP contribution in [0.3, 0.4) is 0 Å². The number of hydrogen-bond acceptors (Lipinski definition) is 2. The maximum Gasteiger partial charge on any atom is 0.383 e. The molecule has 3 aromatic carbocycles. The highest BCUT2D eigenvalue weighted by Gasteiger charge is 2.81. The van der Waals surface area contributed by atoms with Gasteiger partial charge in [0.2, 0.25) is 0 Å². The first-order valence-corrected chi connectivity index (χ1v) is 13.6. The van der Waals surface area contributed by atoms with Crippen LogP contribution in [0, 0.1) is 13.8 Å².